The molecule has 0 bridgehead atoms. The van der Waals surface area contributed by atoms with E-state index in [0.29, 0.717) is 6.07 Å². The summed E-state index contributed by atoms with van der Waals surface area (Å²) in [6.45, 7) is 5.03. The van der Waals surface area contributed by atoms with E-state index in [-0.39, 0.29) is 5.75 Å². The van der Waals surface area contributed by atoms with Crippen LogP contribution >= 0.6 is 0 Å². The lowest BCUT2D eigenvalue weighted by Crippen LogP contribution is -2.24. The van der Waals surface area contributed by atoms with E-state index in [9.17, 15) is 18.0 Å². The fraction of sp³-hybridized carbons (Fsp3) is 0.417. The van der Waals surface area contributed by atoms with Gasteiger partial charge in [0, 0.05) is 0 Å². The molecular weight excluding hydrogens is 249 g/mol. The molecule has 0 radical (unpaired) electrons. The second-order valence-electron chi connectivity index (χ2n) is 4.73. The molecule has 0 aliphatic carbocycles. The first kappa shape index (κ1) is 14.3. The third-order valence-corrected chi connectivity index (χ3v) is 1.95. The van der Waals surface area contributed by atoms with Crippen LogP contribution in [0, 0.1) is 0 Å². The normalized spacial score (nSPS) is 12.3. The van der Waals surface area contributed by atoms with Crippen molar-refractivity contribution in [2.75, 3.05) is 0 Å². The molecule has 1 aromatic rings. The maximum Gasteiger partial charge on any atom is 0.416 e. The summed E-state index contributed by atoms with van der Waals surface area (Å²) in [7, 11) is 0. The van der Waals surface area contributed by atoms with Crippen LogP contribution in [0.15, 0.2) is 18.2 Å². The molecule has 0 saturated heterocycles. The Morgan fingerprint density at radius 2 is 1.78 bits per heavy atom. The Labute approximate surface area is 102 Å². The summed E-state index contributed by atoms with van der Waals surface area (Å²) in [5, 5.41) is 8.91. The first-order valence-electron chi connectivity index (χ1n) is 5.14. The van der Waals surface area contributed by atoms with Crippen LogP contribution in [0.1, 0.15) is 36.7 Å². The van der Waals surface area contributed by atoms with E-state index in [1.54, 1.807) is 20.8 Å². The number of aromatic carboxylic acids is 1. The Morgan fingerprint density at radius 1 is 1.22 bits per heavy atom. The molecule has 1 N–H and O–H groups in total. The average Bonchev–Trinajstić information content (AvgIpc) is 2.13. The highest BCUT2D eigenvalue weighted by Gasteiger charge is 2.32. The van der Waals surface area contributed by atoms with Gasteiger partial charge >= 0.3 is 12.1 Å². The maximum absolute atomic E-state index is 12.5. The van der Waals surface area contributed by atoms with E-state index in [2.05, 4.69) is 0 Å². The molecule has 0 saturated carbocycles. The third-order valence-electron chi connectivity index (χ3n) is 1.95. The highest BCUT2D eigenvalue weighted by atomic mass is 19.4. The summed E-state index contributed by atoms with van der Waals surface area (Å²) in [6.07, 6.45) is -4.58. The zero-order chi connectivity index (χ0) is 14.1. The van der Waals surface area contributed by atoms with Crippen molar-refractivity contribution in [1.82, 2.24) is 0 Å². The molecule has 0 spiro atoms. The minimum absolute atomic E-state index is 0.0806. The maximum atomic E-state index is 12.5. The number of carboxylic acids is 1. The minimum Gasteiger partial charge on any atom is -0.487 e. The van der Waals surface area contributed by atoms with Crippen LogP contribution < -0.4 is 4.74 Å². The van der Waals surface area contributed by atoms with Crippen LogP contribution in [0.25, 0.3) is 0 Å². The molecule has 0 aliphatic heterocycles. The van der Waals surface area contributed by atoms with E-state index in [4.69, 9.17) is 9.84 Å². The third kappa shape index (κ3) is 3.65. The summed E-state index contributed by atoms with van der Waals surface area (Å²) in [6, 6.07) is 2.40. The molecule has 0 atom stereocenters. The van der Waals surface area contributed by atoms with Crippen LogP contribution in [-0.2, 0) is 6.18 Å². The van der Waals surface area contributed by atoms with Crippen LogP contribution in [-0.4, -0.2) is 16.7 Å². The summed E-state index contributed by atoms with van der Waals surface area (Å²) in [4.78, 5) is 10.9. The molecule has 0 aromatic heterocycles. The SMILES string of the molecule is CC(C)(C)Oc1ccc(C(F)(F)F)cc1C(=O)O. The second kappa shape index (κ2) is 4.51. The molecule has 0 fully saturated rings. The van der Waals surface area contributed by atoms with Crippen molar-refractivity contribution in [2.24, 2.45) is 0 Å². The van der Waals surface area contributed by atoms with Crippen molar-refractivity contribution in [3.05, 3.63) is 29.3 Å². The summed E-state index contributed by atoms with van der Waals surface area (Å²) in [5.74, 6) is -1.54. The second-order valence-corrected chi connectivity index (χ2v) is 4.73. The number of halogens is 3. The largest absolute Gasteiger partial charge is 0.487 e. The van der Waals surface area contributed by atoms with Crippen molar-refractivity contribution in [3.63, 3.8) is 0 Å². The highest BCUT2D eigenvalue weighted by molar-refractivity contribution is 5.91. The van der Waals surface area contributed by atoms with Crippen molar-refractivity contribution in [3.8, 4) is 5.75 Å². The van der Waals surface area contributed by atoms with Gasteiger partial charge in [-0.25, -0.2) is 4.79 Å². The molecular formula is C12H13F3O3. The molecule has 6 heteroatoms. The Balaban J connectivity index is 3.26. The molecule has 1 rings (SSSR count). The van der Waals surface area contributed by atoms with Gasteiger partial charge in [0.25, 0.3) is 0 Å². The first-order valence-corrected chi connectivity index (χ1v) is 5.14. The topological polar surface area (TPSA) is 46.5 Å². The number of alkyl halides is 3. The number of ether oxygens (including phenoxy) is 1. The molecule has 100 valence electrons. The molecule has 0 aliphatic rings. The highest BCUT2D eigenvalue weighted by Crippen LogP contribution is 2.33. The summed E-state index contributed by atoms with van der Waals surface area (Å²) in [5.41, 5.74) is -2.20. The lowest BCUT2D eigenvalue weighted by Gasteiger charge is -2.22. The van der Waals surface area contributed by atoms with Crippen LogP contribution in [0.3, 0.4) is 0 Å². The molecule has 0 unspecified atom stereocenters. The van der Waals surface area contributed by atoms with Gasteiger partial charge in [0.1, 0.15) is 16.9 Å². The number of carbonyl (C=O) groups is 1. The molecule has 18 heavy (non-hydrogen) atoms. The van der Waals surface area contributed by atoms with Gasteiger partial charge in [0.15, 0.2) is 0 Å². The number of benzene rings is 1. The van der Waals surface area contributed by atoms with E-state index in [0.717, 1.165) is 12.1 Å². The Morgan fingerprint density at radius 3 is 2.17 bits per heavy atom. The number of hydrogen-bond donors (Lipinski definition) is 1. The van der Waals surface area contributed by atoms with Crippen molar-refractivity contribution in [1.29, 1.82) is 0 Å². The van der Waals surface area contributed by atoms with Gasteiger partial charge in [-0.1, -0.05) is 0 Å². The van der Waals surface area contributed by atoms with Gasteiger partial charge in [0.2, 0.25) is 0 Å². The van der Waals surface area contributed by atoms with Crippen LogP contribution in [0.5, 0.6) is 5.75 Å². The fourth-order valence-corrected chi connectivity index (χ4v) is 1.29. The van der Waals surface area contributed by atoms with Crippen LogP contribution in [0.4, 0.5) is 13.2 Å². The Kier molecular flexibility index (Phi) is 3.59. The predicted molar refractivity (Wildman–Crippen MR) is 58.8 cm³/mol. The van der Waals surface area contributed by atoms with E-state index in [1.165, 1.54) is 0 Å². The predicted octanol–water partition coefficient (Wildman–Crippen LogP) is 3.58. The minimum atomic E-state index is -4.58. The first-order chi connectivity index (χ1) is 8.00. The lowest BCUT2D eigenvalue weighted by molar-refractivity contribution is -0.137. The van der Waals surface area contributed by atoms with Crippen LogP contribution in [0.2, 0.25) is 0 Å². The van der Waals surface area contributed by atoms with Crippen molar-refractivity contribution in [2.45, 2.75) is 32.5 Å². The molecule has 0 heterocycles. The molecule has 0 amide bonds. The average molecular weight is 262 g/mol. The van der Waals surface area contributed by atoms with Crippen molar-refractivity contribution >= 4 is 5.97 Å². The van der Waals surface area contributed by atoms with E-state index >= 15 is 0 Å². The van der Waals surface area contributed by atoms with Gasteiger partial charge in [-0.05, 0) is 39.0 Å². The molecule has 3 nitrogen and oxygen atoms in total. The standard InChI is InChI=1S/C12H13F3O3/c1-11(2,3)18-9-5-4-7(12(13,14)15)6-8(9)10(16)17/h4-6H,1-3H3,(H,16,17). The lowest BCUT2D eigenvalue weighted by atomic mass is 10.1. The summed E-state index contributed by atoms with van der Waals surface area (Å²) < 4.78 is 42.7. The molecule has 1 aromatic carbocycles. The van der Waals surface area contributed by atoms with Gasteiger partial charge < -0.3 is 9.84 Å². The number of carboxylic acid groups (broad SMARTS) is 1. The number of rotatable bonds is 2. The Bertz CT molecular complexity index is 459. The monoisotopic (exact) mass is 262 g/mol. The van der Waals surface area contributed by atoms with Gasteiger partial charge in [-0.15, -0.1) is 0 Å². The van der Waals surface area contributed by atoms with Gasteiger partial charge in [-0.3, -0.25) is 0 Å². The van der Waals surface area contributed by atoms with Crippen molar-refractivity contribution < 1.29 is 27.8 Å². The Hall–Kier alpha value is -1.72. The summed E-state index contributed by atoms with van der Waals surface area (Å²) >= 11 is 0. The van der Waals surface area contributed by atoms with E-state index in [1.807, 2.05) is 0 Å². The fourth-order valence-electron chi connectivity index (χ4n) is 1.29. The van der Waals surface area contributed by atoms with E-state index < -0.39 is 28.9 Å². The smallest absolute Gasteiger partial charge is 0.416 e. The number of hydrogen-bond acceptors (Lipinski definition) is 2. The zero-order valence-electron chi connectivity index (χ0n) is 10.1. The zero-order valence-corrected chi connectivity index (χ0v) is 10.1. The van der Waals surface area contributed by atoms with Gasteiger partial charge in [-0.2, -0.15) is 13.2 Å². The quantitative estimate of drug-likeness (QED) is 0.886. The van der Waals surface area contributed by atoms with Gasteiger partial charge in [0.05, 0.1) is 5.56 Å².